The van der Waals surface area contributed by atoms with Gasteiger partial charge in [0.1, 0.15) is 12.7 Å². The molecule has 2 N–H and O–H groups in total. The molecule has 7 nitrogen and oxygen atoms in total. The molecule has 0 saturated carbocycles. The highest BCUT2D eigenvalue weighted by Crippen LogP contribution is 2.15. The standard InChI is InChI=1S/C17H25N5O2/c1-3-4-9-21(10-11-23)17(24)20-14(2)15-5-7-16(8-6-15)22-13-18-12-19-22/h5-8,12-14,23H,3-4,9-11H2,1-2H3,(H,20,24). The number of urea groups is 1. The number of hydrogen-bond acceptors (Lipinski definition) is 4. The van der Waals surface area contributed by atoms with Crippen LogP contribution in [0, 0.1) is 0 Å². The number of rotatable bonds is 8. The molecule has 1 atom stereocenters. The fourth-order valence-electron chi connectivity index (χ4n) is 2.40. The summed E-state index contributed by atoms with van der Waals surface area (Å²) >= 11 is 0. The van der Waals surface area contributed by atoms with Crippen molar-refractivity contribution in [1.29, 1.82) is 0 Å². The molecule has 0 aliphatic heterocycles. The van der Waals surface area contributed by atoms with Gasteiger partial charge in [0.15, 0.2) is 0 Å². The van der Waals surface area contributed by atoms with Crippen molar-refractivity contribution in [2.45, 2.75) is 32.7 Å². The highest BCUT2D eigenvalue weighted by molar-refractivity contribution is 5.74. The van der Waals surface area contributed by atoms with E-state index in [9.17, 15) is 4.79 Å². The summed E-state index contributed by atoms with van der Waals surface area (Å²) in [6.07, 6.45) is 5.06. The summed E-state index contributed by atoms with van der Waals surface area (Å²) in [6.45, 7) is 5.00. The Morgan fingerprint density at radius 1 is 1.33 bits per heavy atom. The van der Waals surface area contributed by atoms with Gasteiger partial charge in [-0.1, -0.05) is 25.5 Å². The molecule has 24 heavy (non-hydrogen) atoms. The minimum Gasteiger partial charge on any atom is -0.395 e. The van der Waals surface area contributed by atoms with E-state index in [-0.39, 0.29) is 18.7 Å². The fourth-order valence-corrected chi connectivity index (χ4v) is 2.40. The molecule has 0 bridgehead atoms. The zero-order valence-corrected chi connectivity index (χ0v) is 14.2. The van der Waals surface area contributed by atoms with E-state index < -0.39 is 0 Å². The van der Waals surface area contributed by atoms with Gasteiger partial charge in [0.2, 0.25) is 0 Å². The summed E-state index contributed by atoms with van der Waals surface area (Å²) in [4.78, 5) is 17.9. The Balaban J connectivity index is 1.97. The molecule has 0 spiro atoms. The highest BCUT2D eigenvalue weighted by Gasteiger charge is 2.15. The number of aromatic nitrogens is 3. The van der Waals surface area contributed by atoms with E-state index in [1.807, 2.05) is 31.2 Å². The number of amides is 2. The molecule has 2 rings (SSSR count). The molecule has 1 heterocycles. The molecule has 0 saturated heterocycles. The summed E-state index contributed by atoms with van der Waals surface area (Å²) in [5.41, 5.74) is 1.92. The molecule has 2 aromatic rings. The lowest BCUT2D eigenvalue weighted by molar-refractivity contribution is 0.173. The summed E-state index contributed by atoms with van der Waals surface area (Å²) in [5, 5.41) is 16.2. The molecule has 1 unspecified atom stereocenters. The number of carbonyl (C=O) groups excluding carboxylic acids is 1. The second-order valence-corrected chi connectivity index (χ2v) is 5.67. The Bertz CT molecular complexity index is 612. The van der Waals surface area contributed by atoms with Gasteiger partial charge in [-0.15, -0.1) is 0 Å². The van der Waals surface area contributed by atoms with Crippen LogP contribution in [0.5, 0.6) is 0 Å². The summed E-state index contributed by atoms with van der Waals surface area (Å²) < 4.78 is 1.68. The maximum absolute atomic E-state index is 12.4. The number of carbonyl (C=O) groups is 1. The molecule has 7 heteroatoms. The molecule has 2 amide bonds. The van der Waals surface area contributed by atoms with E-state index >= 15 is 0 Å². The summed E-state index contributed by atoms with van der Waals surface area (Å²) in [6, 6.07) is 7.54. The monoisotopic (exact) mass is 331 g/mol. The lowest BCUT2D eigenvalue weighted by Gasteiger charge is -2.24. The SMILES string of the molecule is CCCCN(CCO)C(=O)NC(C)c1ccc(-n2cncn2)cc1. The van der Waals surface area contributed by atoms with Crippen LogP contribution in [0.25, 0.3) is 5.69 Å². The van der Waals surface area contributed by atoms with Crippen molar-refractivity contribution >= 4 is 6.03 Å². The van der Waals surface area contributed by atoms with Gasteiger partial charge < -0.3 is 15.3 Å². The van der Waals surface area contributed by atoms with Crippen molar-refractivity contribution < 1.29 is 9.90 Å². The molecular weight excluding hydrogens is 306 g/mol. The molecular formula is C17H25N5O2. The van der Waals surface area contributed by atoms with Gasteiger partial charge in [-0.2, -0.15) is 5.10 Å². The highest BCUT2D eigenvalue weighted by atomic mass is 16.3. The lowest BCUT2D eigenvalue weighted by atomic mass is 10.1. The van der Waals surface area contributed by atoms with Crippen molar-refractivity contribution in [1.82, 2.24) is 25.0 Å². The average molecular weight is 331 g/mol. The predicted molar refractivity (Wildman–Crippen MR) is 91.9 cm³/mol. The third-order valence-corrected chi connectivity index (χ3v) is 3.86. The third-order valence-electron chi connectivity index (χ3n) is 3.86. The quantitative estimate of drug-likeness (QED) is 0.776. The number of aliphatic hydroxyl groups excluding tert-OH is 1. The first-order valence-electron chi connectivity index (χ1n) is 8.27. The molecule has 0 radical (unpaired) electrons. The van der Waals surface area contributed by atoms with Crippen molar-refractivity contribution in [2.24, 2.45) is 0 Å². The van der Waals surface area contributed by atoms with E-state index in [2.05, 4.69) is 22.3 Å². The lowest BCUT2D eigenvalue weighted by Crippen LogP contribution is -2.42. The van der Waals surface area contributed by atoms with Crippen LogP contribution < -0.4 is 5.32 Å². The van der Waals surface area contributed by atoms with Gasteiger partial charge in [0.25, 0.3) is 0 Å². The topological polar surface area (TPSA) is 83.3 Å². The summed E-state index contributed by atoms with van der Waals surface area (Å²) in [5.74, 6) is 0. The number of hydrogen-bond donors (Lipinski definition) is 2. The Labute approximate surface area is 142 Å². The van der Waals surface area contributed by atoms with E-state index in [1.165, 1.54) is 6.33 Å². The van der Waals surface area contributed by atoms with Crippen molar-refractivity contribution in [3.63, 3.8) is 0 Å². The van der Waals surface area contributed by atoms with Gasteiger partial charge >= 0.3 is 6.03 Å². The third kappa shape index (κ3) is 4.79. The minimum atomic E-state index is -0.148. The van der Waals surface area contributed by atoms with E-state index in [0.29, 0.717) is 13.1 Å². The van der Waals surface area contributed by atoms with Crippen LogP contribution in [0.4, 0.5) is 4.79 Å². The molecule has 0 aliphatic rings. The minimum absolute atomic E-state index is 0.0296. The Kier molecular flexibility index (Phi) is 6.74. The first kappa shape index (κ1) is 17.9. The number of nitrogens with one attached hydrogen (secondary N) is 1. The maximum Gasteiger partial charge on any atom is 0.317 e. The van der Waals surface area contributed by atoms with E-state index in [0.717, 1.165) is 24.1 Å². The van der Waals surface area contributed by atoms with E-state index in [1.54, 1.807) is 15.9 Å². The summed E-state index contributed by atoms with van der Waals surface area (Å²) in [7, 11) is 0. The molecule has 1 aromatic heterocycles. The normalized spacial score (nSPS) is 12.0. The van der Waals surface area contributed by atoms with Gasteiger partial charge in [0, 0.05) is 13.1 Å². The number of benzene rings is 1. The van der Waals surface area contributed by atoms with Gasteiger partial charge in [-0.05, 0) is 31.0 Å². The van der Waals surface area contributed by atoms with Crippen LogP contribution in [0.2, 0.25) is 0 Å². The zero-order valence-electron chi connectivity index (χ0n) is 14.2. The number of unbranched alkanes of at least 4 members (excludes halogenated alkanes) is 1. The van der Waals surface area contributed by atoms with Crippen molar-refractivity contribution in [3.8, 4) is 5.69 Å². The fraction of sp³-hybridized carbons (Fsp3) is 0.471. The predicted octanol–water partition coefficient (Wildman–Crippen LogP) is 2.13. The second-order valence-electron chi connectivity index (χ2n) is 5.67. The largest absolute Gasteiger partial charge is 0.395 e. The number of aliphatic hydroxyl groups is 1. The van der Waals surface area contributed by atoms with Crippen LogP contribution in [-0.2, 0) is 0 Å². The zero-order chi connectivity index (χ0) is 17.4. The number of nitrogens with zero attached hydrogens (tertiary/aromatic N) is 4. The Morgan fingerprint density at radius 2 is 2.08 bits per heavy atom. The van der Waals surface area contributed by atoms with Crippen LogP contribution in [0.1, 0.15) is 38.3 Å². The molecule has 1 aromatic carbocycles. The van der Waals surface area contributed by atoms with Gasteiger partial charge in [-0.25, -0.2) is 14.5 Å². The maximum atomic E-state index is 12.4. The average Bonchev–Trinajstić information content (AvgIpc) is 3.13. The molecule has 0 aliphatic carbocycles. The van der Waals surface area contributed by atoms with Crippen LogP contribution in [0.3, 0.4) is 0 Å². The van der Waals surface area contributed by atoms with Gasteiger partial charge in [-0.3, -0.25) is 0 Å². The smallest absolute Gasteiger partial charge is 0.317 e. The molecule has 130 valence electrons. The van der Waals surface area contributed by atoms with Crippen LogP contribution in [0.15, 0.2) is 36.9 Å². The Hall–Kier alpha value is -2.41. The van der Waals surface area contributed by atoms with Crippen molar-refractivity contribution in [3.05, 3.63) is 42.5 Å². The first-order valence-corrected chi connectivity index (χ1v) is 8.27. The Morgan fingerprint density at radius 3 is 2.67 bits per heavy atom. The van der Waals surface area contributed by atoms with E-state index in [4.69, 9.17) is 5.11 Å². The van der Waals surface area contributed by atoms with Crippen LogP contribution >= 0.6 is 0 Å². The van der Waals surface area contributed by atoms with Gasteiger partial charge in [0.05, 0.1) is 18.3 Å². The first-order chi connectivity index (χ1) is 11.7. The van der Waals surface area contributed by atoms with Crippen molar-refractivity contribution in [2.75, 3.05) is 19.7 Å². The second kappa shape index (κ2) is 9.02. The molecule has 0 fully saturated rings. The van der Waals surface area contributed by atoms with Crippen LogP contribution in [-0.4, -0.2) is 50.5 Å².